The van der Waals surface area contributed by atoms with Crippen molar-refractivity contribution in [3.05, 3.63) is 28.3 Å². The van der Waals surface area contributed by atoms with Gasteiger partial charge >= 0.3 is 0 Å². The third-order valence-corrected chi connectivity index (χ3v) is 5.51. The highest BCUT2D eigenvalue weighted by atomic mass is 35.5. The normalized spacial score (nSPS) is 21.6. The second-order valence-electron chi connectivity index (χ2n) is 6.23. The van der Waals surface area contributed by atoms with E-state index in [0.29, 0.717) is 11.5 Å². The molecule has 0 radical (unpaired) electrons. The van der Waals surface area contributed by atoms with Gasteiger partial charge in [0, 0.05) is 23.0 Å². The summed E-state index contributed by atoms with van der Waals surface area (Å²) in [6, 6.07) is 4.52. The van der Waals surface area contributed by atoms with E-state index in [4.69, 9.17) is 16.3 Å². The molecule has 1 N–H and O–H groups in total. The molecule has 0 amide bonds. The van der Waals surface area contributed by atoms with Crippen LogP contribution in [-0.4, -0.2) is 13.7 Å². The van der Waals surface area contributed by atoms with Gasteiger partial charge in [0.15, 0.2) is 0 Å². The number of rotatable bonds is 4. The summed E-state index contributed by atoms with van der Waals surface area (Å²) >= 11 is 6.34. The molecule has 0 saturated heterocycles. The van der Waals surface area contributed by atoms with Gasteiger partial charge in [-0.25, -0.2) is 0 Å². The Hall–Kier alpha value is -0.730. The molecule has 1 saturated carbocycles. The first kappa shape index (κ1) is 14.2. The summed E-state index contributed by atoms with van der Waals surface area (Å²) in [5.74, 6) is 1.09. The molecule has 2 nitrogen and oxygen atoms in total. The van der Waals surface area contributed by atoms with Gasteiger partial charge in [0.05, 0.1) is 6.61 Å². The molecule has 1 atom stereocenters. The van der Waals surface area contributed by atoms with Crippen LogP contribution in [-0.2, 0) is 6.42 Å². The molecule has 1 aliphatic heterocycles. The van der Waals surface area contributed by atoms with Gasteiger partial charge in [-0.1, -0.05) is 31.4 Å². The Morgan fingerprint density at radius 3 is 2.75 bits per heavy atom. The molecule has 0 bridgehead atoms. The minimum absolute atomic E-state index is 0.348. The van der Waals surface area contributed by atoms with Crippen LogP contribution in [0.4, 0.5) is 0 Å². The number of nitrogens with one attached hydrogen (secondary N) is 1. The molecule has 1 aromatic carbocycles. The van der Waals surface area contributed by atoms with Gasteiger partial charge in [-0.15, -0.1) is 0 Å². The maximum absolute atomic E-state index is 6.34. The second kappa shape index (κ2) is 5.57. The van der Waals surface area contributed by atoms with Gasteiger partial charge in [0.25, 0.3) is 0 Å². The zero-order valence-corrected chi connectivity index (χ0v) is 13.2. The summed E-state index contributed by atoms with van der Waals surface area (Å²) in [7, 11) is 2.07. The Balaban J connectivity index is 2.06. The van der Waals surface area contributed by atoms with Crippen molar-refractivity contribution < 1.29 is 4.74 Å². The average molecular weight is 294 g/mol. The fourth-order valence-corrected chi connectivity index (χ4v) is 4.48. The molecule has 1 aromatic rings. The molecule has 0 aromatic heterocycles. The number of benzene rings is 1. The Morgan fingerprint density at radius 2 is 2.10 bits per heavy atom. The molecule has 2 aliphatic rings. The standard InChI is InChI=1S/C17H24ClNO/c1-3-17(7-4-5-8-17)16(19-2)14-11-13(18)10-12-6-9-20-15(12)14/h10-11,16,19H,3-9H2,1-2H3. The van der Waals surface area contributed by atoms with E-state index in [-0.39, 0.29) is 0 Å². The molecule has 110 valence electrons. The van der Waals surface area contributed by atoms with Crippen molar-refractivity contribution in [3.63, 3.8) is 0 Å². The number of hydrogen-bond donors (Lipinski definition) is 1. The summed E-state index contributed by atoms with van der Waals surface area (Å²) in [6.07, 6.45) is 7.48. The molecular weight excluding hydrogens is 270 g/mol. The monoisotopic (exact) mass is 293 g/mol. The van der Waals surface area contributed by atoms with E-state index in [1.165, 1.54) is 43.2 Å². The van der Waals surface area contributed by atoms with Crippen molar-refractivity contribution in [2.75, 3.05) is 13.7 Å². The Labute approximate surface area is 126 Å². The van der Waals surface area contributed by atoms with E-state index in [9.17, 15) is 0 Å². The van der Waals surface area contributed by atoms with E-state index in [1.54, 1.807) is 0 Å². The molecule has 0 spiro atoms. The van der Waals surface area contributed by atoms with Crippen LogP contribution in [0.5, 0.6) is 5.75 Å². The van der Waals surface area contributed by atoms with Crippen molar-refractivity contribution in [2.24, 2.45) is 5.41 Å². The van der Waals surface area contributed by atoms with Gasteiger partial charge in [0.2, 0.25) is 0 Å². The molecule has 3 rings (SSSR count). The molecule has 1 heterocycles. The lowest BCUT2D eigenvalue weighted by Gasteiger charge is -2.38. The summed E-state index contributed by atoms with van der Waals surface area (Å²) < 4.78 is 5.92. The molecule has 1 fully saturated rings. The maximum Gasteiger partial charge on any atom is 0.127 e. The summed E-state index contributed by atoms with van der Waals surface area (Å²) in [5.41, 5.74) is 2.91. The minimum Gasteiger partial charge on any atom is -0.493 e. The fourth-order valence-electron chi connectivity index (χ4n) is 4.23. The van der Waals surface area contributed by atoms with Crippen molar-refractivity contribution in [1.29, 1.82) is 0 Å². The van der Waals surface area contributed by atoms with E-state index in [2.05, 4.69) is 31.4 Å². The lowest BCUT2D eigenvalue weighted by Crippen LogP contribution is -2.34. The van der Waals surface area contributed by atoms with Gasteiger partial charge in [-0.05, 0) is 49.4 Å². The SMILES string of the molecule is CCC1(C(NC)c2cc(Cl)cc3c2OCC3)CCCC1. The van der Waals surface area contributed by atoms with E-state index >= 15 is 0 Å². The van der Waals surface area contributed by atoms with Crippen molar-refractivity contribution in [2.45, 2.75) is 51.5 Å². The summed E-state index contributed by atoms with van der Waals surface area (Å²) in [5, 5.41) is 4.41. The van der Waals surface area contributed by atoms with Gasteiger partial charge in [-0.3, -0.25) is 0 Å². The van der Waals surface area contributed by atoms with E-state index in [1.807, 2.05) is 0 Å². The Morgan fingerprint density at radius 1 is 1.35 bits per heavy atom. The summed E-state index contributed by atoms with van der Waals surface area (Å²) in [6.45, 7) is 3.11. The smallest absolute Gasteiger partial charge is 0.127 e. The van der Waals surface area contributed by atoms with Gasteiger partial charge in [-0.2, -0.15) is 0 Å². The average Bonchev–Trinajstić information content (AvgIpc) is 3.08. The highest BCUT2D eigenvalue weighted by Gasteiger charge is 2.41. The zero-order chi connectivity index (χ0) is 14.2. The summed E-state index contributed by atoms with van der Waals surface area (Å²) in [4.78, 5) is 0. The molecule has 20 heavy (non-hydrogen) atoms. The first-order valence-electron chi connectivity index (χ1n) is 7.82. The van der Waals surface area contributed by atoms with Crippen LogP contribution in [0, 0.1) is 5.41 Å². The van der Waals surface area contributed by atoms with Crippen LogP contribution in [0.1, 0.15) is 56.2 Å². The highest BCUT2D eigenvalue weighted by Crippen LogP contribution is 2.52. The number of fused-ring (bicyclic) bond motifs is 1. The Kier molecular flexibility index (Phi) is 3.96. The first-order valence-corrected chi connectivity index (χ1v) is 8.20. The van der Waals surface area contributed by atoms with Crippen LogP contribution < -0.4 is 10.1 Å². The van der Waals surface area contributed by atoms with Gasteiger partial charge in [0.1, 0.15) is 5.75 Å². The first-order chi connectivity index (χ1) is 9.70. The topological polar surface area (TPSA) is 21.3 Å². The quantitative estimate of drug-likeness (QED) is 0.882. The second-order valence-corrected chi connectivity index (χ2v) is 6.66. The number of hydrogen-bond acceptors (Lipinski definition) is 2. The lowest BCUT2D eigenvalue weighted by atomic mass is 9.73. The van der Waals surface area contributed by atoms with Crippen LogP contribution in [0.25, 0.3) is 0 Å². The molecule has 1 unspecified atom stereocenters. The number of halogens is 1. The van der Waals surface area contributed by atoms with Crippen LogP contribution in [0.2, 0.25) is 5.02 Å². The van der Waals surface area contributed by atoms with Crippen LogP contribution >= 0.6 is 11.6 Å². The van der Waals surface area contributed by atoms with E-state index in [0.717, 1.165) is 23.8 Å². The molecular formula is C17H24ClNO. The van der Waals surface area contributed by atoms with Crippen molar-refractivity contribution in [3.8, 4) is 5.75 Å². The third-order valence-electron chi connectivity index (χ3n) is 5.29. The van der Waals surface area contributed by atoms with Crippen molar-refractivity contribution >= 4 is 11.6 Å². The van der Waals surface area contributed by atoms with E-state index < -0.39 is 0 Å². The Bertz CT molecular complexity index is 494. The predicted octanol–water partition coefficient (Wildman–Crippen LogP) is 4.51. The molecule has 3 heteroatoms. The fraction of sp³-hybridized carbons (Fsp3) is 0.647. The zero-order valence-electron chi connectivity index (χ0n) is 12.5. The molecule has 1 aliphatic carbocycles. The third kappa shape index (κ3) is 2.23. The van der Waals surface area contributed by atoms with Crippen LogP contribution in [0.3, 0.4) is 0 Å². The highest BCUT2D eigenvalue weighted by molar-refractivity contribution is 6.30. The maximum atomic E-state index is 6.34. The predicted molar refractivity (Wildman–Crippen MR) is 83.6 cm³/mol. The number of ether oxygens (including phenoxy) is 1. The lowest BCUT2D eigenvalue weighted by molar-refractivity contribution is 0.191. The van der Waals surface area contributed by atoms with Crippen LogP contribution in [0.15, 0.2) is 12.1 Å². The van der Waals surface area contributed by atoms with Crippen molar-refractivity contribution in [1.82, 2.24) is 5.32 Å². The minimum atomic E-state index is 0.348. The largest absolute Gasteiger partial charge is 0.493 e. The van der Waals surface area contributed by atoms with Gasteiger partial charge < -0.3 is 10.1 Å².